The van der Waals surface area contributed by atoms with E-state index in [1.54, 1.807) is 0 Å². The number of thiol groups is 2. The van der Waals surface area contributed by atoms with Crippen LogP contribution in [0.2, 0.25) is 0 Å². The van der Waals surface area contributed by atoms with Crippen LogP contribution in [0.1, 0.15) is 206 Å². The van der Waals surface area contributed by atoms with Gasteiger partial charge in [-0.2, -0.15) is 0 Å². The van der Waals surface area contributed by atoms with Crippen molar-refractivity contribution in [1.82, 2.24) is 0 Å². The fourth-order valence-corrected chi connectivity index (χ4v) is 10.8. The van der Waals surface area contributed by atoms with E-state index in [-0.39, 0.29) is 21.8 Å². The fourth-order valence-electron chi connectivity index (χ4n) is 6.98. The molecular weight excluding hydrogens is 597 g/mol. The van der Waals surface area contributed by atoms with Gasteiger partial charge in [0.1, 0.15) is 5.78 Å². The van der Waals surface area contributed by atoms with E-state index in [0.717, 1.165) is 11.5 Å². The highest BCUT2D eigenvalue weighted by Crippen LogP contribution is 2.41. The summed E-state index contributed by atoms with van der Waals surface area (Å²) in [6, 6.07) is 0. The molecule has 0 bridgehead atoms. The van der Waals surface area contributed by atoms with Crippen LogP contribution >= 0.6 is 21.8 Å². The summed E-state index contributed by atoms with van der Waals surface area (Å²) in [5, 5.41) is 9.59. The molecule has 2 aliphatic rings. The number of Topliss-reactive ketones (excluding diaryl/α,β-unsaturated/α-hetero) is 1. The molecule has 46 heavy (non-hydrogen) atoms. The van der Waals surface area contributed by atoms with E-state index in [4.69, 9.17) is 0 Å². The van der Waals surface area contributed by atoms with Gasteiger partial charge in [0.05, 0.1) is 0 Å². The molecular formula is C43H78OS2. The molecule has 268 valence electrons. The Morgan fingerprint density at radius 2 is 0.674 bits per heavy atom. The van der Waals surface area contributed by atoms with Gasteiger partial charge in [0, 0.05) is 11.5 Å². The lowest BCUT2D eigenvalue weighted by molar-refractivity contribution is -0.114. The smallest absolute Gasteiger partial charge is 0.150 e. The topological polar surface area (TPSA) is 17.1 Å². The Kier molecular flexibility index (Phi) is 27.4. The van der Waals surface area contributed by atoms with Crippen molar-refractivity contribution < 1.29 is 4.79 Å². The number of hydrogen-bond donors (Lipinski definition) is 2. The summed E-state index contributed by atoms with van der Waals surface area (Å²) >= 11 is 0. The largest absolute Gasteiger partial charge is 0.298 e. The van der Waals surface area contributed by atoms with Crippen LogP contribution < -0.4 is 0 Å². The summed E-state index contributed by atoms with van der Waals surface area (Å²) in [4.78, 5) is 12.9. The van der Waals surface area contributed by atoms with E-state index < -0.39 is 0 Å². The lowest BCUT2D eigenvalue weighted by Gasteiger charge is -2.13. The van der Waals surface area contributed by atoms with Crippen molar-refractivity contribution in [2.45, 2.75) is 206 Å². The van der Waals surface area contributed by atoms with Crippen LogP contribution in [0.25, 0.3) is 0 Å². The summed E-state index contributed by atoms with van der Waals surface area (Å²) in [6.45, 7) is 4.60. The van der Waals surface area contributed by atoms with Crippen molar-refractivity contribution >= 4 is 27.6 Å². The molecule has 2 unspecified atom stereocenters. The molecule has 0 aromatic heterocycles. The van der Waals surface area contributed by atoms with Gasteiger partial charge in [-0.3, -0.25) is 4.79 Å². The van der Waals surface area contributed by atoms with E-state index in [1.807, 2.05) is 0 Å². The van der Waals surface area contributed by atoms with Crippen LogP contribution in [0.4, 0.5) is 0 Å². The van der Waals surface area contributed by atoms with E-state index in [9.17, 15) is 4.79 Å². The maximum absolute atomic E-state index is 12.9. The van der Waals surface area contributed by atoms with Crippen LogP contribution in [0.3, 0.4) is 0 Å². The Hall–Kier alpha value is -0.670. The zero-order chi connectivity index (χ0) is 32.8. The molecule has 2 aliphatic heterocycles. The van der Waals surface area contributed by atoms with Crippen molar-refractivity contribution in [1.29, 1.82) is 0 Å². The molecule has 0 aromatic carbocycles. The highest BCUT2D eigenvalue weighted by atomic mass is 32.2. The van der Waals surface area contributed by atoms with Gasteiger partial charge in [-0.15, -0.1) is 0 Å². The van der Waals surface area contributed by atoms with Crippen molar-refractivity contribution in [3.63, 3.8) is 0 Å². The van der Waals surface area contributed by atoms with E-state index in [2.05, 4.69) is 47.6 Å². The Labute approximate surface area is 294 Å². The van der Waals surface area contributed by atoms with Crippen LogP contribution in [0, 0.1) is 0 Å². The minimum Gasteiger partial charge on any atom is -0.298 e. The van der Waals surface area contributed by atoms with Gasteiger partial charge < -0.3 is 0 Å². The highest BCUT2D eigenvalue weighted by molar-refractivity contribution is 8.24. The SMILES string of the molecule is CCCCCCCCCCCCCCCCC1=C[SH](CC(=O)C[SH]2C=CC(CCCCCCCCCCCCCCCC)=C2)C=C1. The van der Waals surface area contributed by atoms with Crippen molar-refractivity contribution in [3.8, 4) is 0 Å². The summed E-state index contributed by atoms with van der Waals surface area (Å²) in [6.07, 6.45) is 46.8. The first-order valence-electron chi connectivity index (χ1n) is 20.5. The van der Waals surface area contributed by atoms with Crippen LogP contribution in [0.5, 0.6) is 0 Å². The molecule has 0 spiro atoms. The zero-order valence-corrected chi connectivity index (χ0v) is 32.7. The monoisotopic (exact) mass is 675 g/mol. The number of rotatable bonds is 34. The second kappa shape index (κ2) is 30.4. The van der Waals surface area contributed by atoms with Gasteiger partial charge >= 0.3 is 0 Å². The summed E-state index contributed by atoms with van der Waals surface area (Å²) < 4.78 is 0. The standard InChI is InChI=1S/C43H78OS2/c1-3-5-7-9-11-13-15-17-19-21-23-25-27-29-31-41-33-35-45(37-41)39-43(44)40-46-36-34-42(38-46)32-30-28-26-24-22-20-18-16-14-12-10-8-6-4-2/h33-38,45-46H,3-32,39-40H2,1-2H3. The molecule has 3 heteroatoms. The fraction of sp³-hybridized carbons (Fsp3) is 0.791. The first kappa shape index (κ1) is 41.5. The molecule has 2 atom stereocenters. The Morgan fingerprint density at radius 3 is 0.957 bits per heavy atom. The number of hydrogen-bond acceptors (Lipinski definition) is 1. The van der Waals surface area contributed by atoms with E-state index >= 15 is 0 Å². The Balaban J connectivity index is 1.38. The molecule has 1 nitrogen and oxygen atoms in total. The molecule has 0 fully saturated rings. The van der Waals surface area contributed by atoms with Crippen LogP contribution in [0.15, 0.2) is 44.9 Å². The number of carbonyl (C=O) groups excluding carboxylic acids is 1. The average molecular weight is 675 g/mol. The predicted octanol–water partition coefficient (Wildman–Crippen LogP) is 15.1. The lowest BCUT2D eigenvalue weighted by atomic mass is 10.0. The second-order valence-corrected chi connectivity index (χ2v) is 18.4. The molecule has 0 aliphatic carbocycles. The number of ketones is 1. The lowest BCUT2D eigenvalue weighted by Crippen LogP contribution is -2.07. The molecule has 2 heterocycles. The molecule has 0 amide bonds. The molecule has 0 saturated heterocycles. The quantitative estimate of drug-likeness (QED) is 0.0513. The minimum absolute atomic E-state index is 0.349. The molecule has 2 rings (SSSR count). The van der Waals surface area contributed by atoms with E-state index in [0.29, 0.717) is 5.78 Å². The molecule has 0 aromatic rings. The van der Waals surface area contributed by atoms with Gasteiger partial charge in [-0.05, 0) is 58.5 Å². The Bertz CT molecular complexity index is 785. The van der Waals surface area contributed by atoms with Gasteiger partial charge in [-0.25, -0.2) is 21.8 Å². The summed E-state index contributed by atoms with van der Waals surface area (Å²) in [5.74, 6) is 2.01. The molecule has 0 saturated carbocycles. The maximum Gasteiger partial charge on any atom is 0.150 e. The highest BCUT2D eigenvalue weighted by Gasteiger charge is 2.15. The first-order valence-corrected chi connectivity index (χ1v) is 23.8. The van der Waals surface area contributed by atoms with Gasteiger partial charge in [0.2, 0.25) is 0 Å². The van der Waals surface area contributed by atoms with Crippen molar-refractivity contribution in [2.24, 2.45) is 0 Å². The first-order chi connectivity index (χ1) is 22.7. The minimum atomic E-state index is -0.349. The average Bonchev–Trinajstić information content (AvgIpc) is 3.70. The molecule has 0 radical (unpaired) electrons. The number of unbranched alkanes of at least 4 members (excludes halogenated alkanes) is 26. The number of allylic oxidation sites excluding steroid dienone is 4. The van der Waals surface area contributed by atoms with Gasteiger partial charge in [-0.1, -0.05) is 193 Å². The zero-order valence-electron chi connectivity index (χ0n) is 30.9. The second-order valence-electron chi connectivity index (χ2n) is 14.6. The summed E-state index contributed by atoms with van der Waals surface area (Å²) in [5.41, 5.74) is 3.00. The third-order valence-corrected chi connectivity index (χ3v) is 13.8. The van der Waals surface area contributed by atoms with Crippen molar-refractivity contribution in [3.05, 3.63) is 44.9 Å². The predicted molar refractivity (Wildman–Crippen MR) is 217 cm³/mol. The maximum atomic E-state index is 12.9. The number of carbonyl (C=O) groups is 1. The third-order valence-electron chi connectivity index (χ3n) is 9.98. The molecule has 0 N–H and O–H groups in total. The summed E-state index contributed by atoms with van der Waals surface area (Å²) in [7, 11) is -0.699. The Morgan fingerprint density at radius 1 is 0.413 bits per heavy atom. The van der Waals surface area contributed by atoms with Gasteiger partial charge in [0.15, 0.2) is 0 Å². The van der Waals surface area contributed by atoms with E-state index in [1.165, 1.54) is 204 Å². The third kappa shape index (κ3) is 23.6. The normalized spacial score (nSPS) is 18.8. The van der Waals surface area contributed by atoms with Crippen LogP contribution in [-0.4, -0.2) is 17.3 Å². The van der Waals surface area contributed by atoms with Gasteiger partial charge in [0.25, 0.3) is 0 Å². The van der Waals surface area contributed by atoms with Crippen LogP contribution in [-0.2, 0) is 4.79 Å². The van der Waals surface area contributed by atoms with Crippen molar-refractivity contribution in [2.75, 3.05) is 11.5 Å².